The van der Waals surface area contributed by atoms with Crippen molar-refractivity contribution in [3.05, 3.63) is 54.6 Å². The second-order valence-electron chi connectivity index (χ2n) is 9.67. The average Bonchev–Trinajstić information content (AvgIpc) is 3.38. The summed E-state index contributed by atoms with van der Waals surface area (Å²) in [5.74, 6) is 1.10. The Morgan fingerprint density at radius 3 is 2.66 bits per heavy atom. The van der Waals surface area contributed by atoms with Gasteiger partial charge in [-0.1, -0.05) is 30.8 Å². The molecule has 0 N–H and O–H groups in total. The minimum atomic E-state index is -0.0962. The van der Waals surface area contributed by atoms with Crippen LogP contribution in [0, 0.1) is 11.3 Å². The van der Waals surface area contributed by atoms with E-state index in [2.05, 4.69) is 24.6 Å². The molecule has 2 saturated heterocycles. The average molecular weight is 513 g/mol. The number of rotatable bonds is 7. The second-order valence-corrected chi connectivity index (χ2v) is 9.67. The Labute approximate surface area is 222 Å². The molecule has 9 heteroatoms. The van der Waals surface area contributed by atoms with Gasteiger partial charge in [0.05, 0.1) is 12.8 Å². The van der Waals surface area contributed by atoms with E-state index >= 15 is 0 Å². The maximum absolute atomic E-state index is 12.1. The minimum Gasteiger partial charge on any atom is -0.497 e. The molecule has 2 aliphatic heterocycles. The summed E-state index contributed by atoms with van der Waals surface area (Å²) in [7, 11) is 3.73. The van der Waals surface area contributed by atoms with Crippen LogP contribution in [0.15, 0.2) is 49.1 Å². The number of nitriles is 1. The quantitative estimate of drug-likeness (QED) is 0.444. The van der Waals surface area contributed by atoms with Crippen LogP contribution in [0.3, 0.4) is 0 Å². The maximum Gasteiger partial charge on any atom is 0.319 e. The molecule has 9 nitrogen and oxygen atoms in total. The van der Waals surface area contributed by atoms with E-state index in [0.717, 1.165) is 35.7 Å². The summed E-state index contributed by atoms with van der Waals surface area (Å²) in [6, 6.07) is 14.8. The molecule has 2 aromatic carbocycles. The summed E-state index contributed by atoms with van der Waals surface area (Å²) < 4.78 is 11.8. The number of carbonyl (C=O) groups is 1. The molecule has 2 aliphatic rings. The van der Waals surface area contributed by atoms with Crippen LogP contribution < -0.4 is 14.4 Å². The Morgan fingerprint density at radius 2 is 1.97 bits per heavy atom. The molecule has 0 unspecified atom stereocenters. The zero-order valence-electron chi connectivity index (χ0n) is 21.9. The normalized spacial score (nSPS) is 17.9. The minimum absolute atomic E-state index is 0.0962. The summed E-state index contributed by atoms with van der Waals surface area (Å²) >= 11 is 0. The van der Waals surface area contributed by atoms with Crippen LogP contribution in [0.2, 0.25) is 0 Å². The van der Waals surface area contributed by atoms with Crippen LogP contribution >= 0.6 is 0 Å². The third-order valence-corrected chi connectivity index (χ3v) is 7.45. The smallest absolute Gasteiger partial charge is 0.319 e. The summed E-state index contributed by atoms with van der Waals surface area (Å²) in [5.41, 5.74) is 1.66. The molecule has 5 rings (SSSR count). The number of hydrogen-bond donors (Lipinski definition) is 0. The molecule has 2 fully saturated rings. The first-order valence-electron chi connectivity index (χ1n) is 12.9. The highest BCUT2D eigenvalue weighted by Gasteiger charge is 2.28. The van der Waals surface area contributed by atoms with E-state index in [1.165, 1.54) is 6.08 Å². The molecule has 38 heavy (non-hydrogen) atoms. The third kappa shape index (κ3) is 5.00. The summed E-state index contributed by atoms with van der Waals surface area (Å²) in [5, 5.41) is 12.3. The van der Waals surface area contributed by atoms with Gasteiger partial charge in [-0.25, -0.2) is 0 Å². The van der Waals surface area contributed by atoms with Gasteiger partial charge in [0.25, 0.3) is 0 Å². The zero-order valence-corrected chi connectivity index (χ0v) is 21.9. The number of likely N-dealkylation sites (tertiary alicyclic amines) is 1. The number of benzene rings is 2. The molecular weight excluding hydrogens is 480 g/mol. The van der Waals surface area contributed by atoms with Crippen molar-refractivity contribution in [2.45, 2.75) is 18.9 Å². The fraction of sp³-hybridized carbons (Fsp3) is 0.379. The first kappa shape index (κ1) is 25.5. The van der Waals surface area contributed by atoms with Crippen LogP contribution in [-0.4, -0.2) is 85.2 Å². The lowest BCUT2D eigenvalue weighted by atomic mass is 9.98. The lowest BCUT2D eigenvalue weighted by molar-refractivity contribution is -0.126. The van der Waals surface area contributed by atoms with Gasteiger partial charge in [0.1, 0.15) is 24.0 Å². The van der Waals surface area contributed by atoms with Crippen molar-refractivity contribution in [3.8, 4) is 29.1 Å². The predicted octanol–water partition coefficient (Wildman–Crippen LogP) is 3.48. The van der Waals surface area contributed by atoms with E-state index in [-0.39, 0.29) is 11.9 Å². The van der Waals surface area contributed by atoms with Gasteiger partial charge in [0.2, 0.25) is 5.91 Å². The van der Waals surface area contributed by atoms with Crippen LogP contribution in [-0.2, 0) is 4.79 Å². The standard InChI is InChI=1S/C29H32N6O3/c1-4-26(36)34-12-14-35(15-13-34)28-25(18-30)27(31-29(32-28)38-19-21-9-7-11-33(21)2)24-17-22(37-3)16-20-8-5-6-10-23(20)24/h4-6,8,10,16-17,21H,1,7,9,11-15,19H2,2-3H3/t21-/m0/s1. The maximum atomic E-state index is 12.1. The number of amides is 1. The Kier molecular flexibility index (Phi) is 7.43. The van der Waals surface area contributed by atoms with Gasteiger partial charge in [0.15, 0.2) is 5.82 Å². The molecule has 0 bridgehead atoms. The van der Waals surface area contributed by atoms with Gasteiger partial charge in [-0.2, -0.15) is 15.2 Å². The van der Waals surface area contributed by atoms with Crippen LogP contribution in [0.1, 0.15) is 18.4 Å². The lowest BCUT2D eigenvalue weighted by Crippen LogP contribution is -2.48. The molecule has 3 aromatic rings. The van der Waals surface area contributed by atoms with E-state index in [1.54, 1.807) is 12.0 Å². The van der Waals surface area contributed by atoms with E-state index in [9.17, 15) is 10.1 Å². The van der Waals surface area contributed by atoms with Crippen molar-refractivity contribution in [2.24, 2.45) is 0 Å². The Balaban J connectivity index is 1.60. The van der Waals surface area contributed by atoms with E-state index in [1.807, 2.05) is 41.3 Å². The summed E-state index contributed by atoms with van der Waals surface area (Å²) in [6.45, 7) is 7.21. The molecule has 1 aromatic heterocycles. The molecule has 3 heterocycles. The summed E-state index contributed by atoms with van der Waals surface area (Å²) in [4.78, 5) is 27.8. The molecule has 196 valence electrons. The number of fused-ring (bicyclic) bond motifs is 1. The van der Waals surface area contributed by atoms with E-state index in [4.69, 9.17) is 19.4 Å². The van der Waals surface area contributed by atoms with Crippen molar-refractivity contribution < 1.29 is 14.3 Å². The third-order valence-electron chi connectivity index (χ3n) is 7.45. The highest BCUT2D eigenvalue weighted by molar-refractivity contribution is 5.99. The highest BCUT2D eigenvalue weighted by atomic mass is 16.5. The van der Waals surface area contributed by atoms with Crippen molar-refractivity contribution in [1.29, 1.82) is 5.26 Å². The van der Waals surface area contributed by atoms with Crippen molar-refractivity contribution in [1.82, 2.24) is 19.8 Å². The molecular formula is C29H32N6O3. The molecule has 0 spiro atoms. The molecule has 1 atom stereocenters. The monoisotopic (exact) mass is 512 g/mol. The topological polar surface area (TPSA) is 94.8 Å². The van der Waals surface area contributed by atoms with Gasteiger partial charge in [0, 0.05) is 37.8 Å². The number of carbonyl (C=O) groups excluding carboxylic acids is 1. The molecule has 0 radical (unpaired) electrons. The predicted molar refractivity (Wildman–Crippen MR) is 146 cm³/mol. The van der Waals surface area contributed by atoms with Gasteiger partial charge in [-0.3, -0.25) is 4.79 Å². The van der Waals surface area contributed by atoms with Gasteiger partial charge in [-0.05, 0) is 55.4 Å². The molecule has 1 amide bonds. The van der Waals surface area contributed by atoms with Crippen molar-refractivity contribution >= 4 is 22.5 Å². The molecule has 0 aliphatic carbocycles. The Morgan fingerprint density at radius 1 is 1.18 bits per heavy atom. The number of anilines is 1. The molecule has 0 saturated carbocycles. The SMILES string of the molecule is C=CC(=O)N1CCN(c2nc(OC[C@@H]3CCCN3C)nc(-c3cc(OC)cc4ccccc34)c2C#N)CC1. The number of ether oxygens (including phenoxy) is 2. The number of hydrogen-bond acceptors (Lipinski definition) is 8. The van der Waals surface area contributed by atoms with E-state index < -0.39 is 0 Å². The number of aromatic nitrogens is 2. The number of likely N-dealkylation sites (N-methyl/N-ethyl adjacent to an activating group) is 1. The van der Waals surface area contributed by atoms with Crippen molar-refractivity contribution in [3.63, 3.8) is 0 Å². The van der Waals surface area contributed by atoms with Crippen LogP contribution in [0.5, 0.6) is 11.8 Å². The Hall–Kier alpha value is -4.16. The number of nitrogens with zero attached hydrogens (tertiary/aromatic N) is 6. The second kappa shape index (κ2) is 11.1. The number of piperazine rings is 1. The summed E-state index contributed by atoms with van der Waals surface area (Å²) in [6.07, 6.45) is 3.53. The van der Waals surface area contributed by atoms with Crippen LogP contribution in [0.25, 0.3) is 22.0 Å². The fourth-order valence-electron chi connectivity index (χ4n) is 5.25. The number of methoxy groups -OCH3 is 1. The fourth-order valence-corrected chi connectivity index (χ4v) is 5.25. The van der Waals surface area contributed by atoms with Crippen molar-refractivity contribution in [2.75, 3.05) is 58.4 Å². The Bertz CT molecular complexity index is 1390. The van der Waals surface area contributed by atoms with Gasteiger partial charge in [-0.15, -0.1) is 0 Å². The van der Waals surface area contributed by atoms with Gasteiger partial charge >= 0.3 is 6.01 Å². The lowest BCUT2D eigenvalue weighted by Gasteiger charge is -2.35. The zero-order chi connectivity index (χ0) is 26.6. The first-order valence-corrected chi connectivity index (χ1v) is 12.9. The highest BCUT2D eigenvalue weighted by Crippen LogP contribution is 2.37. The van der Waals surface area contributed by atoms with Crippen LogP contribution in [0.4, 0.5) is 5.82 Å². The first-order chi connectivity index (χ1) is 18.5. The largest absolute Gasteiger partial charge is 0.497 e. The van der Waals surface area contributed by atoms with Gasteiger partial charge < -0.3 is 24.2 Å². The van der Waals surface area contributed by atoms with E-state index in [0.29, 0.717) is 61.7 Å².